The van der Waals surface area contributed by atoms with Gasteiger partial charge in [-0.05, 0) is 31.9 Å². The average Bonchev–Trinajstić information content (AvgIpc) is 2.30. The SMILES string of the molecule is CCCC(C)(O)CNC(C)c1cccc(Cl)c1Cl. The highest BCUT2D eigenvalue weighted by Gasteiger charge is 2.20. The van der Waals surface area contributed by atoms with Crippen LogP contribution in [0.25, 0.3) is 0 Å². The summed E-state index contributed by atoms with van der Waals surface area (Å²) in [5, 5.41) is 14.5. The number of rotatable bonds is 6. The molecule has 102 valence electrons. The Morgan fingerprint density at radius 1 is 1.39 bits per heavy atom. The summed E-state index contributed by atoms with van der Waals surface area (Å²) in [5.41, 5.74) is 0.269. The Morgan fingerprint density at radius 2 is 2.06 bits per heavy atom. The quantitative estimate of drug-likeness (QED) is 0.823. The van der Waals surface area contributed by atoms with Crippen molar-refractivity contribution in [3.05, 3.63) is 33.8 Å². The average molecular weight is 290 g/mol. The highest BCUT2D eigenvalue weighted by Crippen LogP contribution is 2.29. The predicted molar refractivity (Wildman–Crippen MR) is 78.4 cm³/mol. The fourth-order valence-electron chi connectivity index (χ4n) is 1.96. The van der Waals surface area contributed by atoms with Gasteiger partial charge in [0, 0.05) is 12.6 Å². The van der Waals surface area contributed by atoms with E-state index in [2.05, 4.69) is 12.2 Å². The van der Waals surface area contributed by atoms with E-state index in [0.717, 1.165) is 18.4 Å². The molecule has 1 aromatic rings. The molecule has 0 aliphatic rings. The lowest BCUT2D eigenvalue weighted by Crippen LogP contribution is -2.38. The van der Waals surface area contributed by atoms with Crippen LogP contribution in [0.1, 0.15) is 45.2 Å². The first-order chi connectivity index (χ1) is 8.37. The van der Waals surface area contributed by atoms with Crippen LogP contribution >= 0.6 is 23.2 Å². The Balaban J connectivity index is 2.66. The van der Waals surface area contributed by atoms with Gasteiger partial charge in [-0.3, -0.25) is 0 Å². The number of nitrogens with one attached hydrogen (secondary N) is 1. The van der Waals surface area contributed by atoms with E-state index in [0.29, 0.717) is 16.6 Å². The molecular formula is C14H21Cl2NO. The number of benzene rings is 1. The van der Waals surface area contributed by atoms with E-state index in [4.69, 9.17) is 23.2 Å². The summed E-state index contributed by atoms with van der Waals surface area (Å²) < 4.78 is 0. The molecule has 0 bridgehead atoms. The van der Waals surface area contributed by atoms with E-state index in [1.54, 1.807) is 6.07 Å². The first kappa shape index (κ1) is 15.8. The molecule has 0 radical (unpaired) electrons. The molecule has 0 amide bonds. The van der Waals surface area contributed by atoms with Crippen LogP contribution in [0.4, 0.5) is 0 Å². The molecule has 0 heterocycles. The first-order valence-corrected chi connectivity index (χ1v) is 7.02. The summed E-state index contributed by atoms with van der Waals surface area (Å²) in [5.74, 6) is 0. The van der Waals surface area contributed by atoms with Crippen molar-refractivity contribution in [2.75, 3.05) is 6.54 Å². The minimum Gasteiger partial charge on any atom is -0.389 e. The van der Waals surface area contributed by atoms with Crippen molar-refractivity contribution in [3.63, 3.8) is 0 Å². The number of aliphatic hydroxyl groups is 1. The van der Waals surface area contributed by atoms with Crippen LogP contribution in [0, 0.1) is 0 Å². The van der Waals surface area contributed by atoms with Crippen LogP contribution < -0.4 is 5.32 Å². The number of hydrogen-bond donors (Lipinski definition) is 2. The molecule has 1 rings (SSSR count). The van der Waals surface area contributed by atoms with Crippen LogP contribution in [0.2, 0.25) is 10.0 Å². The lowest BCUT2D eigenvalue weighted by atomic mass is 9.99. The molecule has 0 fully saturated rings. The van der Waals surface area contributed by atoms with Crippen molar-refractivity contribution < 1.29 is 5.11 Å². The van der Waals surface area contributed by atoms with Crippen LogP contribution in [-0.2, 0) is 0 Å². The van der Waals surface area contributed by atoms with Gasteiger partial charge >= 0.3 is 0 Å². The molecule has 2 N–H and O–H groups in total. The molecule has 4 heteroatoms. The zero-order valence-electron chi connectivity index (χ0n) is 11.1. The van der Waals surface area contributed by atoms with E-state index >= 15 is 0 Å². The second-order valence-corrected chi connectivity index (χ2v) is 5.78. The monoisotopic (exact) mass is 289 g/mol. The highest BCUT2D eigenvalue weighted by atomic mass is 35.5. The number of hydrogen-bond acceptors (Lipinski definition) is 2. The normalized spacial score (nSPS) is 16.3. The van der Waals surface area contributed by atoms with Gasteiger partial charge in [-0.1, -0.05) is 48.7 Å². The molecule has 1 aromatic carbocycles. The van der Waals surface area contributed by atoms with Gasteiger partial charge in [-0.25, -0.2) is 0 Å². The maximum Gasteiger partial charge on any atom is 0.0743 e. The Morgan fingerprint density at radius 3 is 2.67 bits per heavy atom. The molecule has 0 spiro atoms. The molecule has 0 aromatic heterocycles. The van der Waals surface area contributed by atoms with E-state index in [1.165, 1.54) is 0 Å². The summed E-state index contributed by atoms with van der Waals surface area (Å²) in [6.07, 6.45) is 1.73. The molecule has 0 saturated carbocycles. The zero-order valence-corrected chi connectivity index (χ0v) is 12.6. The van der Waals surface area contributed by atoms with Gasteiger partial charge in [0.1, 0.15) is 0 Å². The van der Waals surface area contributed by atoms with Crippen LogP contribution in [0.5, 0.6) is 0 Å². The molecule has 2 atom stereocenters. The summed E-state index contributed by atoms with van der Waals surface area (Å²) in [6.45, 7) is 6.45. The van der Waals surface area contributed by atoms with Gasteiger partial charge in [0.25, 0.3) is 0 Å². The summed E-state index contributed by atoms with van der Waals surface area (Å²) >= 11 is 12.2. The van der Waals surface area contributed by atoms with Gasteiger partial charge in [0.15, 0.2) is 0 Å². The van der Waals surface area contributed by atoms with Crippen LogP contribution in [0.3, 0.4) is 0 Å². The Bertz CT molecular complexity index is 393. The van der Waals surface area contributed by atoms with Gasteiger partial charge in [0.2, 0.25) is 0 Å². The Kier molecular flexibility index (Phi) is 5.93. The molecular weight excluding hydrogens is 269 g/mol. The third-order valence-electron chi connectivity index (χ3n) is 3.03. The first-order valence-electron chi connectivity index (χ1n) is 6.27. The Hall–Kier alpha value is -0.280. The minimum absolute atomic E-state index is 0.0551. The van der Waals surface area contributed by atoms with E-state index < -0.39 is 5.60 Å². The van der Waals surface area contributed by atoms with Crippen LogP contribution in [0.15, 0.2) is 18.2 Å². The molecule has 0 saturated heterocycles. The lowest BCUT2D eigenvalue weighted by Gasteiger charge is -2.26. The van der Waals surface area contributed by atoms with Gasteiger partial charge in [-0.2, -0.15) is 0 Å². The maximum atomic E-state index is 10.1. The van der Waals surface area contributed by atoms with E-state index in [1.807, 2.05) is 26.0 Å². The third kappa shape index (κ3) is 4.43. The van der Waals surface area contributed by atoms with Gasteiger partial charge in [0.05, 0.1) is 15.6 Å². The summed E-state index contributed by atoms with van der Waals surface area (Å²) in [4.78, 5) is 0. The van der Waals surface area contributed by atoms with Gasteiger partial charge < -0.3 is 10.4 Å². The zero-order chi connectivity index (χ0) is 13.8. The maximum absolute atomic E-state index is 10.1. The molecule has 18 heavy (non-hydrogen) atoms. The fraction of sp³-hybridized carbons (Fsp3) is 0.571. The van der Waals surface area contributed by atoms with Crippen molar-refractivity contribution in [2.45, 2.75) is 45.3 Å². The van der Waals surface area contributed by atoms with Crippen molar-refractivity contribution in [2.24, 2.45) is 0 Å². The largest absolute Gasteiger partial charge is 0.389 e. The lowest BCUT2D eigenvalue weighted by molar-refractivity contribution is 0.0477. The summed E-state index contributed by atoms with van der Waals surface area (Å²) in [7, 11) is 0. The second-order valence-electron chi connectivity index (χ2n) is 4.99. The summed E-state index contributed by atoms with van der Waals surface area (Å²) in [6, 6.07) is 5.65. The third-order valence-corrected chi connectivity index (χ3v) is 3.86. The highest BCUT2D eigenvalue weighted by molar-refractivity contribution is 6.42. The molecule has 0 aliphatic carbocycles. The molecule has 2 nitrogen and oxygen atoms in total. The van der Waals surface area contributed by atoms with Crippen molar-refractivity contribution in [1.82, 2.24) is 5.32 Å². The second kappa shape index (κ2) is 6.76. The van der Waals surface area contributed by atoms with Crippen molar-refractivity contribution in [1.29, 1.82) is 0 Å². The minimum atomic E-state index is -0.686. The number of halogens is 2. The predicted octanol–water partition coefficient (Wildman–Crippen LogP) is 4.20. The molecule has 2 unspecified atom stereocenters. The van der Waals surface area contributed by atoms with E-state index in [-0.39, 0.29) is 6.04 Å². The van der Waals surface area contributed by atoms with Crippen LogP contribution in [-0.4, -0.2) is 17.3 Å². The topological polar surface area (TPSA) is 32.3 Å². The Labute approximate surface area is 119 Å². The van der Waals surface area contributed by atoms with Gasteiger partial charge in [-0.15, -0.1) is 0 Å². The van der Waals surface area contributed by atoms with E-state index in [9.17, 15) is 5.11 Å². The fourth-order valence-corrected chi connectivity index (χ4v) is 2.44. The molecule has 0 aliphatic heterocycles. The standard InChI is InChI=1S/C14H21Cl2NO/c1-4-8-14(3,18)9-17-10(2)11-6-5-7-12(15)13(11)16/h5-7,10,17-18H,4,8-9H2,1-3H3. The van der Waals surface area contributed by atoms with Crippen molar-refractivity contribution >= 4 is 23.2 Å². The van der Waals surface area contributed by atoms with Crippen molar-refractivity contribution in [3.8, 4) is 0 Å². The smallest absolute Gasteiger partial charge is 0.0743 e.